The molecule has 2 unspecified atom stereocenters. The lowest BCUT2D eigenvalue weighted by molar-refractivity contribution is -0.125. The highest BCUT2D eigenvalue weighted by Crippen LogP contribution is 2.70. The molecule has 2 bridgehead atoms. The first-order valence-electron chi connectivity index (χ1n) is 9.97. The number of nitriles is 2. The monoisotopic (exact) mass is 417 g/mol. The number of nitrogens with one attached hydrogen (secondary N) is 1. The summed E-state index contributed by atoms with van der Waals surface area (Å²) < 4.78 is 10.7. The van der Waals surface area contributed by atoms with Crippen molar-refractivity contribution >= 4 is 11.6 Å². The van der Waals surface area contributed by atoms with Gasteiger partial charge in [-0.1, -0.05) is 20.8 Å². The Bertz CT molecular complexity index is 1190. The Kier molecular flexibility index (Phi) is 4.44. The van der Waals surface area contributed by atoms with E-state index in [1.807, 2.05) is 26.0 Å². The van der Waals surface area contributed by atoms with Gasteiger partial charge in [0.2, 0.25) is 5.91 Å². The number of rotatable bonds is 4. The first-order chi connectivity index (χ1) is 14.7. The number of carbonyl (C=O) groups excluding carboxylic acids is 1. The van der Waals surface area contributed by atoms with E-state index in [4.69, 9.17) is 9.47 Å². The molecule has 158 valence electrons. The molecule has 1 N–H and O–H groups in total. The second-order valence-electron chi connectivity index (χ2n) is 8.72. The van der Waals surface area contributed by atoms with Crippen molar-refractivity contribution in [3.63, 3.8) is 0 Å². The molecular weight excluding hydrogens is 394 g/mol. The minimum atomic E-state index is -0.991. The Morgan fingerprint density at radius 2 is 1.68 bits per heavy atom. The van der Waals surface area contributed by atoms with Crippen LogP contribution in [0.4, 0.5) is 5.69 Å². The second-order valence-corrected chi connectivity index (χ2v) is 8.72. The molecule has 8 heteroatoms. The fourth-order valence-corrected chi connectivity index (χ4v) is 5.27. The first-order valence-corrected chi connectivity index (χ1v) is 9.97. The Labute approximate surface area is 180 Å². The van der Waals surface area contributed by atoms with Gasteiger partial charge in [-0.25, -0.2) is 9.97 Å². The SMILES string of the molecule is COc1ccc(NC(=O)C23CCC(C)(c4nc(C#N)c(C#N)nc42)C3(C)C)c(OC)c1. The molecule has 1 heterocycles. The van der Waals surface area contributed by atoms with Gasteiger partial charge in [-0.2, -0.15) is 10.5 Å². The van der Waals surface area contributed by atoms with E-state index in [2.05, 4.69) is 22.2 Å². The number of ether oxygens (including phenoxy) is 2. The van der Waals surface area contributed by atoms with E-state index in [-0.39, 0.29) is 17.3 Å². The van der Waals surface area contributed by atoms with E-state index in [1.165, 1.54) is 7.11 Å². The van der Waals surface area contributed by atoms with Crippen LogP contribution < -0.4 is 14.8 Å². The number of nitrogens with zero attached hydrogens (tertiary/aromatic N) is 4. The van der Waals surface area contributed by atoms with Crippen molar-refractivity contribution in [3.05, 3.63) is 41.0 Å². The number of hydrogen-bond donors (Lipinski definition) is 1. The van der Waals surface area contributed by atoms with Crippen molar-refractivity contribution < 1.29 is 14.3 Å². The highest BCUT2D eigenvalue weighted by atomic mass is 16.5. The third-order valence-corrected chi connectivity index (χ3v) is 7.53. The van der Waals surface area contributed by atoms with Gasteiger partial charge in [-0.05, 0) is 30.4 Å². The number of methoxy groups -OCH3 is 2. The molecule has 31 heavy (non-hydrogen) atoms. The van der Waals surface area contributed by atoms with E-state index in [0.717, 1.165) is 6.42 Å². The molecule has 2 atom stereocenters. The number of fused-ring (bicyclic) bond motifs is 5. The highest BCUT2D eigenvalue weighted by Gasteiger charge is 2.73. The zero-order valence-corrected chi connectivity index (χ0v) is 18.2. The minimum absolute atomic E-state index is 0.00166. The third-order valence-electron chi connectivity index (χ3n) is 7.53. The molecule has 1 aromatic carbocycles. The average Bonchev–Trinajstić information content (AvgIpc) is 3.07. The van der Waals surface area contributed by atoms with Crippen molar-refractivity contribution in [1.82, 2.24) is 9.97 Å². The van der Waals surface area contributed by atoms with Crippen LogP contribution in [0.1, 0.15) is 56.4 Å². The molecule has 1 amide bonds. The van der Waals surface area contributed by atoms with E-state index in [9.17, 15) is 15.3 Å². The number of aromatic nitrogens is 2. The average molecular weight is 417 g/mol. The smallest absolute Gasteiger partial charge is 0.237 e. The van der Waals surface area contributed by atoms with Crippen LogP contribution in [0.3, 0.4) is 0 Å². The second kappa shape index (κ2) is 6.68. The molecule has 2 aliphatic rings. The lowest BCUT2D eigenvalue weighted by Gasteiger charge is -2.39. The lowest BCUT2D eigenvalue weighted by atomic mass is 9.63. The number of amides is 1. The molecule has 4 rings (SSSR count). The first kappa shape index (κ1) is 20.6. The normalized spacial score (nSPS) is 24.6. The quantitative estimate of drug-likeness (QED) is 0.811. The van der Waals surface area contributed by atoms with E-state index >= 15 is 0 Å². The standard InChI is InChI=1S/C23H23N5O3/c1-21(2)22(3)8-9-23(21,19-18(22)26-15(11-24)16(12-25)27-19)20(29)28-14-7-6-13(30-4)10-17(14)31-5/h6-7,10H,8-9H2,1-5H3,(H,28,29). The van der Waals surface area contributed by atoms with Crippen LogP contribution in [0.2, 0.25) is 0 Å². The topological polar surface area (TPSA) is 121 Å². The van der Waals surface area contributed by atoms with Gasteiger partial charge >= 0.3 is 0 Å². The van der Waals surface area contributed by atoms with Gasteiger partial charge in [0.25, 0.3) is 0 Å². The van der Waals surface area contributed by atoms with Crippen LogP contribution in [0.5, 0.6) is 11.5 Å². The molecule has 1 aromatic heterocycles. The van der Waals surface area contributed by atoms with Gasteiger partial charge in [0.05, 0.1) is 36.7 Å². The lowest BCUT2D eigenvalue weighted by Crippen LogP contribution is -2.48. The third kappa shape index (κ3) is 2.42. The molecule has 0 radical (unpaired) electrons. The van der Waals surface area contributed by atoms with Crippen molar-refractivity contribution in [2.24, 2.45) is 5.41 Å². The van der Waals surface area contributed by atoms with Crippen LogP contribution in [-0.2, 0) is 15.6 Å². The van der Waals surface area contributed by atoms with Gasteiger partial charge in [0.15, 0.2) is 11.4 Å². The summed E-state index contributed by atoms with van der Waals surface area (Å²) in [5, 5.41) is 21.9. The number of carbonyl (C=O) groups is 1. The fraction of sp³-hybridized carbons (Fsp3) is 0.435. The summed E-state index contributed by atoms with van der Waals surface area (Å²) in [5.74, 6) is 0.859. The number of benzene rings is 1. The number of anilines is 1. The summed E-state index contributed by atoms with van der Waals surface area (Å²) in [6.07, 6.45) is 1.30. The highest BCUT2D eigenvalue weighted by molar-refractivity contribution is 6.02. The van der Waals surface area contributed by atoms with Crippen LogP contribution in [0.25, 0.3) is 0 Å². The molecule has 8 nitrogen and oxygen atoms in total. The summed E-state index contributed by atoms with van der Waals surface area (Å²) in [6, 6.07) is 9.09. The Morgan fingerprint density at radius 3 is 2.26 bits per heavy atom. The maximum absolute atomic E-state index is 13.9. The summed E-state index contributed by atoms with van der Waals surface area (Å²) in [4.78, 5) is 22.9. The molecule has 0 aliphatic heterocycles. The molecular formula is C23H23N5O3. The number of hydrogen-bond acceptors (Lipinski definition) is 7. The van der Waals surface area contributed by atoms with Gasteiger partial charge in [0, 0.05) is 11.5 Å². The molecule has 0 spiro atoms. The maximum atomic E-state index is 13.9. The Hall–Kier alpha value is -3.65. The Balaban J connectivity index is 1.87. The zero-order chi connectivity index (χ0) is 22.6. The predicted octanol–water partition coefficient (Wildman–Crippen LogP) is 3.20. The van der Waals surface area contributed by atoms with Crippen molar-refractivity contribution in [3.8, 4) is 23.6 Å². The van der Waals surface area contributed by atoms with E-state index in [0.29, 0.717) is 35.0 Å². The molecule has 2 aromatic rings. The van der Waals surface area contributed by atoms with Crippen LogP contribution in [-0.4, -0.2) is 30.1 Å². The summed E-state index contributed by atoms with van der Waals surface area (Å²) in [6.45, 7) is 6.13. The van der Waals surface area contributed by atoms with Crippen molar-refractivity contribution in [2.75, 3.05) is 19.5 Å². The van der Waals surface area contributed by atoms with Crippen molar-refractivity contribution in [2.45, 2.75) is 44.4 Å². The van der Waals surface area contributed by atoms with E-state index in [1.54, 1.807) is 25.3 Å². The van der Waals surface area contributed by atoms with Crippen LogP contribution in [0.15, 0.2) is 18.2 Å². The summed E-state index contributed by atoms with van der Waals surface area (Å²) in [5.41, 5.74) is -0.385. The fourth-order valence-electron chi connectivity index (χ4n) is 5.27. The predicted molar refractivity (Wildman–Crippen MR) is 112 cm³/mol. The van der Waals surface area contributed by atoms with E-state index < -0.39 is 16.2 Å². The van der Waals surface area contributed by atoms with Gasteiger partial charge < -0.3 is 14.8 Å². The zero-order valence-electron chi connectivity index (χ0n) is 18.2. The van der Waals surface area contributed by atoms with Crippen molar-refractivity contribution in [1.29, 1.82) is 10.5 Å². The maximum Gasteiger partial charge on any atom is 0.237 e. The molecule has 2 aliphatic carbocycles. The summed E-state index contributed by atoms with van der Waals surface area (Å²) >= 11 is 0. The van der Waals surface area contributed by atoms with Gasteiger partial charge in [0.1, 0.15) is 23.6 Å². The van der Waals surface area contributed by atoms with Gasteiger partial charge in [-0.15, -0.1) is 0 Å². The van der Waals surface area contributed by atoms with Gasteiger partial charge in [-0.3, -0.25) is 4.79 Å². The minimum Gasteiger partial charge on any atom is -0.497 e. The summed E-state index contributed by atoms with van der Waals surface area (Å²) in [7, 11) is 3.09. The molecule has 0 saturated heterocycles. The molecule has 1 fully saturated rings. The molecule has 1 saturated carbocycles. The Morgan fingerprint density at radius 1 is 1.03 bits per heavy atom. The van der Waals surface area contributed by atoms with Crippen LogP contribution in [0, 0.1) is 28.1 Å². The largest absolute Gasteiger partial charge is 0.497 e. The van der Waals surface area contributed by atoms with Crippen LogP contribution >= 0.6 is 0 Å².